The second kappa shape index (κ2) is 7.93. The van der Waals surface area contributed by atoms with E-state index in [-0.39, 0.29) is 12.3 Å². The summed E-state index contributed by atoms with van der Waals surface area (Å²) < 4.78 is 1.05. The highest BCUT2D eigenvalue weighted by atomic mass is 127. The van der Waals surface area contributed by atoms with Crippen LogP contribution < -0.4 is 5.32 Å². The molecule has 1 unspecified atom stereocenters. The van der Waals surface area contributed by atoms with Crippen molar-refractivity contribution < 1.29 is 14.7 Å². The molecule has 1 aromatic rings. The summed E-state index contributed by atoms with van der Waals surface area (Å²) in [5.41, 5.74) is 0.872. The Morgan fingerprint density at radius 3 is 2.79 bits per heavy atom. The van der Waals surface area contributed by atoms with Crippen LogP contribution in [0.2, 0.25) is 0 Å². The van der Waals surface area contributed by atoms with Crippen molar-refractivity contribution >= 4 is 34.5 Å². The van der Waals surface area contributed by atoms with Crippen molar-refractivity contribution in [1.29, 1.82) is 0 Å². The molecule has 0 aliphatic rings. The third-order valence-corrected chi connectivity index (χ3v) is 3.22. The quantitative estimate of drug-likeness (QED) is 0.570. The van der Waals surface area contributed by atoms with Gasteiger partial charge in [0.15, 0.2) is 0 Å². The maximum atomic E-state index is 11.8. The molecule has 1 rings (SSSR count). The van der Waals surface area contributed by atoms with Gasteiger partial charge in [-0.3, -0.25) is 4.79 Å². The van der Waals surface area contributed by atoms with Crippen molar-refractivity contribution in [2.75, 3.05) is 0 Å². The van der Waals surface area contributed by atoms with Crippen molar-refractivity contribution in [1.82, 2.24) is 5.32 Å². The van der Waals surface area contributed by atoms with Crippen LogP contribution in [0.15, 0.2) is 36.9 Å². The highest BCUT2D eigenvalue weighted by Gasteiger charge is 2.18. The van der Waals surface area contributed by atoms with Crippen LogP contribution in [-0.2, 0) is 16.0 Å². The summed E-state index contributed by atoms with van der Waals surface area (Å²) >= 11 is 2.17. The molecule has 0 spiro atoms. The molecule has 4 nitrogen and oxygen atoms in total. The van der Waals surface area contributed by atoms with Crippen molar-refractivity contribution in [3.63, 3.8) is 0 Å². The second-order valence-corrected chi connectivity index (χ2v) is 5.38. The number of hydrogen-bond acceptors (Lipinski definition) is 2. The first-order valence-electron chi connectivity index (χ1n) is 5.90. The van der Waals surface area contributed by atoms with Crippen LogP contribution in [0.4, 0.5) is 0 Å². The molecule has 19 heavy (non-hydrogen) atoms. The van der Waals surface area contributed by atoms with Gasteiger partial charge in [-0.2, -0.15) is 0 Å². The first-order valence-corrected chi connectivity index (χ1v) is 6.98. The molecule has 1 aromatic carbocycles. The third kappa shape index (κ3) is 5.87. The lowest BCUT2D eigenvalue weighted by Crippen LogP contribution is -2.41. The zero-order valence-corrected chi connectivity index (χ0v) is 12.6. The Labute approximate surface area is 126 Å². The Kier molecular flexibility index (Phi) is 6.55. The summed E-state index contributed by atoms with van der Waals surface area (Å²) in [5.74, 6) is -1.30. The number of halogens is 1. The van der Waals surface area contributed by atoms with Crippen LogP contribution in [0, 0.1) is 3.57 Å². The summed E-state index contributed by atoms with van der Waals surface area (Å²) in [6.07, 6.45) is 2.74. The molecule has 0 bridgehead atoms. The monoisotopic (exact) mass is 373 g/mol. The van der Waals surface area contributed by atoms with Gasteiger partial charge in [0.1, 0.15) is 6.04 Å². The molecule has 2 N–H and O–H groups in total. The van der Waals surface area contributed by atoms with E-state index in [0.29, 0.717) is 12.8 Å². The van der Waals surface area contributed by atoms with Crippen LogP contribution in [0.1, 0.15) is 18.4 Å². The van der Waals surface area contributed by atoms with E-state index in [9.17, 15) is 9.59 Å². The van der Waals surface area contributed by atoms with Gasteiger partial charge >= 0.3 is 5.97 Å². The Morgan fingerprint density at radius 1 is 1.47 bits per heavy atom. The van der Waals surface area contributed by atoms with E-state index in [2.05, 4.69) is 34.5 Å². The summed E-state index contributed by atoms with van der Waals surface area (Å²) in [7, 11) is 0. The maximum Gasteiger partial charge on any atom is 0.326 e. The summed E-state index contributed by atoms with van der Waals surface area (Å²) in [6, 6.07) is 6.71. The van der Waals surface area contributed by atoms with E-state index in [4.69, 9.17) is 5.11 Å². The number of carbonyl (C=O) groups is 2. The van der Waals surface area contributed by atoms with Gasteiger partial charge in [0, 0.05) is 3.57 Å². The average molecular weight is 373 g/mol. The van der Waals surface area contributed by atoms with Crippen molar-refractivity contribution in [2.24, 2.45) is 0 Å². The van der Waals surface area contributed by atoms with Gasteiger partial charge in [0.2, 0.25) is 5.91 Å². The molecule has 0 radical (unpaired) electrons. The van der Waals surface area contributed by atoms with Gasteiger partial charge in [-0.1, -0.05) is 18.2 Å². The van der Waals surface area contributed by atoms with Crippen LogP contribution in [-0.4, -0.2) is 23.0 Å². The summed E-state index contributed by atoms with van der Waals surface area (Å²) in [6.45, 7) is 3.54. The smallest absolute Gasteiger partial charge is 0.326 e. The Bertz CT molecular complexity index is 474. The molecule has 0 saturated carbocycles. The second-order valence-electron chi connectivity index (χ2n) is 4.13. The zero-order valence-electron chi connectivity index (χ0n) is 10.4. The van der Waals surface area contributed by atoms with Crippen molar-refractivity contribution in [3.8, 4) is 0 Å². The first-order chi connectivity index (χ1) is 9.02. The fourth-order valence-electron chi connectivity index (χ4n) is 1.62. The zero-order chi connectivity index (χ0) is 14.3. The van der Waals surface area contributed by atoms with Crippen LogP contribution in [0.25, 0.3) is 0 Å². The number of allylic oxidation sites excluding steroid dienone is 1. The van der Waals surface area contributed by atoms with Crippen LogP contribution >= 0.6 is 22.6 Å². The van der Waals surface area contributed by atoms with Gasteiger partial charge in [-0.15, -0.1) is 6.58 Å². The number of rotatable bonds is 7. The Hall–Kier alpha value is -1.37. The lowest BCUT2D eigenvalue weighted by Gasteiger charge is -2.13. The number of nitrogens with one attached hydrogen (secondary N) is 1. The number of carboxylic acids is 1. The molecular formula is C14H16INO3. The van der Waals surface area contributed by atoms with E-state index in [1.807, 2.05) is 24.3 Å². The number of benzene rings is 1. The number of aliphatic carboxylic acids is 1. The van der Waals surface area contributed by atoms with Crippen molar-refractivity contribution in [3.05, 3.63) is 46.1 Å². The summed E-state index contributed by atoms with van der Waals surface area (Å²) in [4.78, 5) is 22.8. The number of amides is 1. The number of hydrogen-bond donors (Lipinski definition) is 2. The third-order valence-electron chi connectivity index (χ3n) is 2.55. The van der Waals surface area contributed by atoms with Gasteiger partial charge in [-0.25, -0.2) is 4.79 Å². The normalized spacial score (nSPS) is 11.6. The fraction of sp³-hybridized carbons (Fsp3) is 0.286. The van der Waals surface area contributed by atoms with E-state index < -0.39 is 12.0 Å². The standard InChI is InChI=1S/C14H16INO3/c1-2-3-7-12(14(18)19)16-13(17)9-10-5-4-6-11(15)8-10/h2,4-6,8,12H,1,3,7,9H2,(H,16,17)(H,18,19). The SMILES string of the molecule is C=CCCC(NC(=O)Cc1cccc(I)c1)C(=O)O. The Morgan fingerprint density at radius 2 is 2.21 bits per heavy atom. The maximum absolute atomic E-state index is 11.8. The Balaban J connectivity index is 2.57. The average Bonchev–Trinajstić information content (AvgIpc) is 2.34. The largest absolute Gasteiger partial charge is 0.480 e. The highest BCUT2D eigenvalue weighted by molar-refractivity contribution is 14.1. The predicted octanol–water partition coefficient (Wildman–Crippen LogP) is 2.37. The molecule has 0 heterocycles. The van der Waals surface area contributed by atoms with Crippen molar-refractivity contribution in [2.45, 2.75) is 25.3 Å². The van der Waals surface area contributed by atoms with Gasteiger partial charge in [0.05, 0.1) is 6.42 Å². The molecule has 1 atom stereocenters. The molecule has 5 heteroatoms. The van der Waals surface area contributed by atoms with Crippen LogP contribution in [0.3, 0.4) is 0 Å². The molecule has 0 fully saturated rings. The number of carboxylic acid groups (broad SMARTS) is 1. The summed E-state index contributed by atoms with van der Waals surface area (Å²) in [5, 5.41) is 11.5. The number of carbonyl (C=O) groups excluding carboxylic acids is 1. The molecule has 0 aromatic heterocycles. The molecule has 0 saturated heterocycles. The lowest BCUT2D eigenvalue weighted by atomic mass is 10.1. The minimum Gasteiger partial charge on any atom is -0.480 e. The van der Waals surface area contributed by atoms with Crippen LogP contribution in [0.5, 0.6) is 0 Å². The molecule has 1 amide bonds. The van der Waals surface area contributed by atoms with Gasteiger partial charge < -0.3 is 10.4 Å². The highest BCUT2D eigenvalue weighted by Crippen LogP contribution is 2.08. The first kappa shape index (κ1) is 15.7. The molecule has 0 aliphatic carbocycles. The predicted molar refractivity (Wildman–Crippen MR) is 81.9 cm³/mol. The van der Waals surface area contributed by atoms with Gasteiger partial charge in [0.25, 0.3) is 0 Å². The van der Waals surface area contributed by atoms with E-state index >= 15 is 0 Å². The topological polar surface area (TPSA) is 66.4 Å². The minimum atomic E-state index is -1.02. The van der Waals surface area contributed by atoms with Gasteiger partial charge in [-0.05, 0) is 53.1 Å². The van der Waals surface area contributed by atoms with E-state index in [0.717, 1.165) is 9.13 Å². The minimum absolute atomic E-state index is 0.189. The lowest BCUT2D eigenvalue weighted by molar-refractivity contribution is -0.141. The molecular weight excluding hydrogens is 357 g/mol. The fourth-order valence-corrected chi connectivity index (χ4v) is 2.23. The van der Waals surface area contributed by atoms with E-state index in [1.165, 1.54) is 0 Å². The molecule has 102 valence electrons. The van der Waals surface area contributed by atoms with E-state index in [1.54, 1.807) is 6.08 Å². The molecule has 0 aliphatic heterocycles.